The third kappa shape index (κ3) is 3.44. The Morgan fingerprint density at radius 1 is 1.26 bits per heavy atom. The molecule has 1 fully saturated rings. The first kappa shape index (κ1) is 14.3. The molecule has 1 unspecified atom stereocenters. The zero-order valence-electron chi connectivity index (χ0n) is 11.6. The number of aliphatic hydroxyl groups excluding tert-OH is 1. The highest BCUT2D eigenvalue weighted by Gasteiger charge is 2.25. The topological polar surface area (TPSA) is 57.6 Å². The maximum absolute atomic E-state index is 12.2. The summed E-state index contributed by atoms with van der Waals surface area (Å²) in [4.78, 5) is 25.4. The first-order valence-electron chi connectivity index (χ1n) is 7.24. The van der Waals surface area contributed by atoms with E-state index in [0.717, 1.165) is 49.8 Å². The van der Waals surface area contributed by atoms with Gasteiger partial charge in [0.1, 0.15) is 6.29 Å². The van der Waals surface area contributed by atoms with E-state index in [2.05, 4.69) is 0 Å². The largest absolute Gasteiger partial charge is 0.389 e. The van der Waals surface area contributed by atoms with Gasteiger partial charge in [0.15, 0.2) is 0 Å². The number of carbonyl (C=O) groups excluding carboxylic acids is 2. The van der Waals surface area contributed by atoms with Gasteiger partial charge in [0.25, 0.3) is 0 Å². The van der Waals surface area contributed by atoms with Gasteiger partial charge in [-0.05, 0) is 49.2 Å². The summed E-state index contributed by atoms with van der Waals surface area (Å²) in [5.74, 6) is 0.353. The van der Waals surface area contributed by atoms with Crippen molar-refractivity contribution in [3.8, 4) is 0 Å². The van der Waals surface area contributed by atoms with Crippen LogP contribution in [0.15, 0.2) is 11.1 Å². The Balaban J connectivity index is 2.36. The van der Waals surface area contributed by atoms with Gasteiger partial charge in [-0.3, -0.25) is 9.59 Å². The molecule has 0 spiro atoms. The molecule has 0 radical (unpaired) electrons. The minimum atomic E-state index is -0.513. The van der Waals surface area contributed by atoms with Crippen molar-refractivity contribution < 1.29 is 14.7 Å². The number of carbonyl (C=O) groups is 2. The molecule has 1 amide bonds. The number of amides is 1. The lowest BCUT2D eigenvalue weighted by Crippen LogP contribution is -2.34. The lowest BCUT2D eigenvalue weighted by atomic mass is 9.89. The van der Waals surface area contributed by atoms with Crippen LogP contribution in [-0.2, 0) is 9.59 Å². The molecule has 1 N–H and O–H groups in total. The fourth-order valence-corrected chi connectivity index (χ4v) is 3.14. The molecule has 0 aromatic carbocycles. The summed E-state index contributed by atoms with van der Waals surface area (Å²) < 4.78 is 0. The Kier molecular flexibility index (Phi) is 4.75. The molecule has 19 heavy (non-hydrogen) atoms. The summed E-state index contributed by atoms with van der Waals surface area (Å²) in [6, 6.07) is 0. The summed E-state index contributed by atoms with van der Waals surface area (Å²) in [5, 5.41) is 10.3. The Morgan fingerprint density at radius 3 is 2.74 bits per heavy atom. The van der Waals surface area contributed by atoms with E-state index < -0.39 is 6.10 Å². The van der Waals surface area contributed by atoms with Crippen LogP contribution in [0.5, 0.6) is 0 Å². The first-order valence-corrected chi connectivity index (χ1v) is 7.24. The van der Waals surface area contributed by atoms with Crippen LogP contribution >= 0.6 is 0 Å². The van der Waals surface area contributed by atoms with Crippen LogP contribution in [0, 0.1) is 5.92 Å². The number of aliphatic hydroxyl groups is 1. The number of aldehydes is 1. The molecular formula is C15H23NO3. The summed E-state index contributed by atoms with van der Waals surface area (Å²) in [7, 11) is 0. The quantitative estimate of drug-likeness (QED) is 0.734. The van der Waals surface area contributed by atoms with Crippen molar-refractivity contribution in [2.24, 2.45) is 5.92 Å². The Hall–Kier alpha value is -1.16. The van der Waals surface area contributed by atoms with E-state index in [1.165, 1.54) is 0 Å². The molecule has 106 valence electrons. The number of rotatable bonds is 1. The van der Waals surface area contributed by atoms with Crippen LogP contribution < -0.4 is 0 Å². The standard InChI is InChI=1S/C15H23NO3/c1-11-8-12(10-17)13-4-2-6-16(15(19)9-11)7-3-5-14(13)18/h10-11,14,18H,2-9H2,1H3/b13-12-/t11?,14-/m1/s1. The summed E-state index contributed by atoms with van der Waals surface area (Å²) in [6.07, 6.45) is 4.49. The second-order valence-electron chi connectivity index (χ2n) is 5.82. The Bertz CT molecular complexity index is 389. The van der Waals surface area contributed by atoms with E-state index in [0.29, 0.717) is 19.3 Å². The molecule has 2 aliphatic rings. The van der Waals surface area contributed by atoms with Gasteiger partial charge in [-0.25, -0.2) is 0 Å². The number of allylic oxidation sites excluding steroid dienone is 1. The molecule has 4 heteroatoms. The molecule has 0 saturated carbocycles. The van der Waals surface area contributed by atoms with Crippen LogP contribution in [0.4, 0.5) is 0 Å². The molecule has 0 aromatic rings. The van der Waals surface area contributed by atoms with Crippen LogP contribution in [-0.4, -0.2) is 41.4 Å². The molecule has 2 heterocycles. The highest BCUT2D eigenvalue weighted by Crippen LogP contribution is 2.27. The van der Waals surface area contributed by atoms with Crippen LogP contribution in [0.3, 0.4) is 0 Å². The third-order valence-electron chi connectivity index (χ3n) is 4.18. The lowest BCUT2D eigenvalue weighted by Gasteiger charge is -2.25. The summed E-state index contributed by atoms with van der Waals surface area (Å²) in [5.41, 5.74) is 1.64. The van der Waals surface area contributed by atoms with Crippen molar-refractivity contribution >= 4 is 12.2 Å². The minimum absolute atomic E-state index is 0.161. The first-order chi connectivity index (χ1) is 9.11. The molecule has 2 aliphatic heterocycles. The summed E-state index contributed by atoms with van der Waals surface area (Å²) >= 11 is 0. The molecule has 2 bridgehead atoms. The Morgan fingerprint density at radius 2 is 2.00 bits per heavy atom. The number of fused-ring (bicyclic) bond motifs is 4. The van der Waals surface area contributed by atoms with Gasteiger partial charge >= 0.3 is 0 Å². The number of hydrogen-bond donors (Lipinski definition) is 1. The third-order valence-corrected chi connectivity index (χ3v) is 4.18. The predicted octanol–water partition coefficient (Wildman–Crippen LogP) is 1.68. The highest BCUT2D eigenvalue weighted by atomic mass is 16.3. The molecule has 0 aromatic heterocycles. The highest BCUT2D eigenvalue weighted by molar-refractivity contribution is 5.78. The maximum atomic E-state index is 12.2. The average Bonchev–Trinajstić information content (AvgIpc) is 2.45. The lowest BCUT2D eigenvalue weighted by molar-refractivity contribution is -0.132. The van der Waals surface area contributed by atoms with Crippen molar-refractivity contribution in [2.75, 3.05) is 13.1 Å². The smallest absolute Gasteiger partial charge is 0.222 e. The van der Waals surface area contributed by atoms with Gasteiger partial charge in [0.2, 0.25) is 5.91 Å². The van der Waals surface area contributed by atoms with E-state index in [1.54, 1.807) is 0 Å². The van der Waals surface area contributed by atoms with Gasteiger partial charge < -0.3 is 10.0 Å². The summed E-state index contributed by atoms with van der Waals surface area (Å²) in [6.45, 7) is 3.48. The fraction of sp³-hybridized carbons (Fsp3) is 0.733. The van der Waals surface area contributed by atoms with Gasteiger partial charge in [-0.15, -0.1) is 0 Å². The zero-order chi connectivity index (χ0) is 13.8. The van der Waals surface area contributed by atoms with E-state index in [9.17, 15) is 14.7 Å². The average molecular weight is 265 g/mol. The van der Waals surface area contributed by atoms with Gasteiger partial charge in [-0.2, -0.15) is 0 Å². The van der Waals surface area contributed by atoms with Crippen molar-refractivity contribution in [3.05, 3.63) is 11.1 Å². The van der Waals surface area contributed by atoms with E-state index in [-0.39, 0.29) is 11.8 Å². The van der Waals surface area contributed by atoms with Crippen LogP contribution in [0.2, 0.25) is 0 Å². The fourth-order valence-electron chi connectivity index (χ4n) is 3.14. The molecule has 2 rings (SSSR count). The molecule has 0 aliphatic carbocycles. The van der Waals surface area contributed by atoms with E-state index in [4.69, 9.17) is 0 Å². The molecular weight excluding hydrogens is 242 g/mol. The number of nitrogens with zero attached hydrogens (tertiary/aromatic N) is 1. The minimum Gasteiger partial charge on any atom is -0.389 e. The van der Waals surface area contributed by atoms with Gasteiger partial charge in [0.05, 0.1) is 6.10 Å². The second-order valence-corrected chi connectivity index (χ2v) is 5.82. The second kappa shape index (κ2) is 6.33. The van der Waals surface area contributed by atoms with Gasteiger partial charge in [-0.1, -0.05) is 6.92 Å². The SMILES string of the molecule is CC1CC(=O)N2CCC/C(=C(/C=O)C1)[C@H](O)CCC2. The molecule has 1 saturated heterocycles. The van der Waals surface area contributed by atoms with Crippen LogP contribution in [0.1, 0.15) is 45.4 Å². The van der Waals surface area contributed by atoms with Crippen molar-refractivity contribution in [3.63, 3.8) is 0 Å². The number of hydrogen-bond acceptors (Lipinski definition) is 3. The molecule has 2 atom stereocenters. The Labute approximate surface area is 114 Å². The predicted molar refractivity (Wildman–Crippen MR) is 72.5 cm³/mol. The zero-order valence-corrected chi connectivity index (χ0v) is 11.6. The van der Waals surface area contributed by atoms with E-state index in [1.807, 2.05) is 11.8 Å². The van der Waals surface area contributed by atoms with Crippen molar-refractivity contribution in [1.82, 2.24) is 4.90 Å². The monoisotopic (exact) mass is 265 g/mol. The van der Waals surface area contributed by atoms with Crippen LogP contribution in [0.25, 0.3) is 0 Å². The van der Waals surface area contributed by atoms with Gasteiger partial charge in [0, 0.05) is 19.5 Å². The molecule has 4 nitrogen and oxygen atoms in total. The van der Waals surface area contributed by atoms with E-state index >= 15 is 0 Å². The normalized spacial score (nSPS) is 33.8. The van der Waals surface area contributed by atoms with Crippen molar-refractivity contribution in [1.29, 1.82) is 0 Å². The van der Waals surface area contributed by atoms with Crippen molar-refractivity contribution in [2.45, 2.75) is 51.6 Å². The maximum Gasteiger partial charge on any atom is 0.222 e.